The molecule has 1 amide bonds. The first-order chi connectivity index (χ1) is 12.6. The van der Waals surface area contributed by atoms with Gasteiger partial charge in [0.1, 0.15) is 18.1 Å². The predicted molar refractivity (Wildman–Crippen MR) is 105 cm³/mol. The Morgan fingerprint density at radius 1 is 1.08 bits per heavy atom. The van der Waals surface area contributed by atoms with Gasteiger partial charge < -0.3 is 14.4 Å². The molecule has 2 heterocycles. The molecule has 0 N–H and O–H groups in total. The number of carbonyl (C=O) groups excluding carboxylic acids is 1. The average Bonchev–Trinajstić information content (AvgIpc) is 3.01. The number of amides is 1. The fraction of sp³-hybridized carbons (Fsp3) is 0.450. The number of piperazine rings is 1. The number of methoxy groups -OCH3 is 1. The van der Waals surface area contributed by atoms with E-state index in [-0.39, 0.29) is 5.91 Å². The van der Waals surface area contributed by atoms with Crippen LogP contribution in [0.1, 0.15) is 20.1 Å². The van der Waals surface area contributed by atoms with Crippen LogP contribution in [-0.2, 0) is 0 Å². The third-order valence-corrected chi connectivity index (χ3v) is 5.91. The molecule has 1 aliphatic rings. The van der Waals surface area contributed by atoms with Gasteiger partial charge in [0.05, 0.1) is 12.0 Å². The normalized spacial score (nSPS) is 15.1. The number of carbonyl (C=O) groups is 1. The van der Waals surface area contributed by atoms with Gasteiger partial charge in [-0.05, 0) is 49.7 Å². The number of benzene rings is 1. The van der Waals surface area contributed by atoms with Gasteiger partial charge in [-0.25, -0.2) is 0 Å². The summed E-state index contributed by atoms with van der Waals surface area (Å²) in [6.07, 6.45) is 0. The van der Waals surface area contributed by atoms with Crippen molar-refractivity contribution in [2.75, 3.05) is 46.4 Å². The van der Waals surface area contributed by atoms with E-state index < -0.39 is 0 Å². The van der Waals surface area contributed by atoms with Crippen LogP contribution in [-0.4, -0.2) is 62.1 Å². The lowest BCUT2D eigenvalue weighted by Crippen LogP contribution is -2.49. The molecule has 1 aromatic heterocycles. The van der Waals surface area contributed by atoms with E-state index in [9.17, 15) is 4.79 Å². The van der Waals surface area contributed by atoms with Gasteiger partial charge in [-0.1, -0.05) is 0 Å². The molecule has 1 saturated heterocycles. The Bertz CT molecular complexity index is 715. The van der Waals surface area contributed by atoms with Crippen molar-refractivity contribution in [1.82, 2.24) is 9.80 Å². The highest BCUT2D eigenvalue weighted by Gasteiger charge is 2.23. The van der Waals surface area contributed by atoms with E-state index in [4.69, 9.17) is 9.47 Å². The van der Waals surface area contributed by atoms with Crippen molar-refractivity contribution < 1.29 is 14.3 Å². The maximum Gasteiger partial charge on any atom is 0.264 e. The van der Waals surface area contributed by atoms with Crippen molar-refractivity contribution >= 4 is 17.2 Å². The molecular formula is C20H26N2O3S. The van der Waals surface area contributed by atoms with Gasteiger partial charge in [0.15, 0.2) is 0 Å². The average molecular weight is 375 g/mol. The molecule has 0 spiro atoms. The molecule has 5 nitrogen and oxygen atoms in total. The first-order valence-electron chi connectivity index (χ1n) is 8.92. The first-order valence-corrected chi connectivity index (χ1v) is 9.74. The molecule has 1 aromatic carbocycles. The highest BCUT2D eigenvalue weighted by Crippen LogP contribution is 2.22. The zero-order valence-electron chi connectivity index (χ0n) is 15.7. The maximum absolute atomic E-state index is 12.6. The summed E-state index contributed by atoms with van der Waals surface area (Å²) >= 11 is 1.60. The number of aryl methyl sites for hydroxylation is 2. The number of nitrogens with zero attached hydrogens (tertiary/aromatic N) is 2. The van der Waals surface area contributed by atoms with Gasteiger partial charge in [0.25, 0.3) is 5.91 Å². The number of hydrogen-bond donors (Lipinski definition) is 0. The second-order valence-electron chi connectivity index (χ2n) is 6.51. The van der Waals surface area contributed by atoms with Gasteiger partial charge in [0, 0.05) is 37.6 Å². The quantitative estimate of drug-likeness (QED) is 0.779. The minimum absolute atomic E-state index is 0.167. The monoisotopic (exact) mass is 374 g/mol. The van der Waals surface area contributed by atoms with Crippen LogP contribution in [0.2, 0.25) is 0 Å². The second kappa shape index (κ2) is 8.56. The molecule has 0 atom stereocenters. The van der Waals surface area contributed by atoms with Crippen LogP contribution < -0.4 is 9.47 Å². The summed E-state index contributed by atoms with van der Waals surface area (Å²) in [4.78, 5) is 19.0. The van der Waals surface area contributed by atoms with Gasteiger partial charge >= 0.3 is 0 Å². The molecule has 6 heteroatoms. The van der Waals surface area contributed by atoms with Crippen molar-refractivity contribution in [3.05, 3.63) is 45.6 Å². The van der Waals surface area contributed by atoms with Crippen molar-refractivity contribution in [2.24, 2.45) is 0 Å². The summed E-state index contributed by atoms with van der Waals surface area (Å²) in [7, 11) is 1.65. The van der Waals surface area contributed by atoms with Crippen molar-refractivity contribution in [3.63, 3.8) is 0 Å². The lowest BCUT2D eigenvalue weighted by molar-refractivity contribution is 0.0625. The molecule has 0 radical (unpaired) electrons. The van der Waals surface area contributed by atoms with E-state index in [1.54, 1.807) is 18.4 Å². The minimum atomic E-state index is 0.167. The van der Waals surface area contributed by atoms with Crippen molar-refractivity contribution in [2.45, 2.75) is 13.8 Å². The van der Waals surface area contributed by atoms with E-state index in [1.165, 1.54) is 10.4 Å². The van der Waals surface area contributed by atoms with E-state index in [1.807, 2.05) is 35.2 Å². The van der Waals surface area contributed by atoms with Crippen LogP contribution in [0.4, 0.5) is 0 Å². The Morgan fingerprint density at radius 3 is 2.31 bits per heavy atom. The Balaban J connectivity index is 1.41. The van der Waals surface area contributed by atoms with Crippen LogP contribution in [0.25, 0.3) is 0 Å². The summed E-state index contributed by atoms with van der Waals surface area (Å²) in [5, 5.41) is 0. The summed E-state index contributed by atoms with van der Waals surface area (Å²) in [5.41, 5.74) is 1.20. The highest BCUT2D eigenvalue weighted by atomic mass is 32.1. The molecule has 1 fully saturated rings. The summed E-state index contributed by atoms with van der Waals surface area (Å²) in [5.74, 6) is 1.85. The Hall–Kier alpha value is -2.05. The summed E-state index contributed by atoms with van der Waals surface area (Å²) in [6.45, 7) is 8.96. The SMILES string of the molecule is COc1ccc(OCCN2CCN(C(=O)c3cc(C)c(C)s3)CC2)cc1. The fourth-order valence-corrected chi connectivity index (χ4v) is 3.98. The predicted octanol–water partition coefficient (Wildman–Crippen LogP) is 3.21. The molecule has 2 aromatic rings. The van der Waals surface area contributed by atoms with Crippen LogP contribution >= 0.6 is 11.3 Å². The molecule has 26 heavy (non-hydrogen) atoms. The van der Waals surface area contributed by atoms with E-state index in [0.717, 1.165) is 49.1 Å². The van der Waals surface area contributed by atoms with E-state index >= 15 is 0 Å². The third kappa shape index (κ3) is 4.56. The van der Waals surface area contributed by atoms with Crippen molar-refractivity contribution in [1.29, 1.82) is 0 Å². The topological polar surface area (TPSA) is 42.0 Å². The minimum Gasteiger partial charge on any atom is -0.497 e. The molecule has 0 aliphatic carbocycles. The fourth-order valence-electron chi connectivity index (χ4n) is 2.97. The van der Waals surface area contributed by atoms with Crippen molar-refractivity contribution in [3.8, 4) is 11.5 Å². The van der Waals surface area contributed by atoms with Gasteiger partial charge in [-0.3, -0.25) is 9.69 Å². The van der Waals surface area contributed by atoms with E-state index in [2.05, 4.69) is 18.7 Å². The zero-order valence-corrected chi connectivity index (χ0v) is 16.5. The molecule has 0 saturated carbocycles. The standard InChI is InChI=1S/C20H26N2O3S/c1-15-14-19(26-16(15)2)20(23)22-10-8-21(9-11-22)12-13-25-18-6-4-17(24-3)5-7-18/h4-7,14H,8-13H2,1-3H3. The lowest BCUT2D eigenvalue weighted by atomic mass is 10.2. The van der Waals surface area contributed by atoms with Gasteiger partial charge in [-0.15, -0.1) is 11.3 Å². The number of ether oxygens (including phenoxy) is 2. The Labute approximate surface area is 159 Å². The number of hydrogen-bond acceptors (Lipinski definition) is 5. The first kappa shape index (κ1) is 18.7. The number of thiophene rings is 1. The smallest absolute Gasteiger partial charge is 0.264 e. The highest BCUT2D eigenvalue weighted by molar-refractivity contribution is 7.14. The molecule has 0 unspecified atom stereocenters. The molecule has 3 rings (SSSR count). The van der Waals surface area contributed by atoms with Crippen LogP contribution in [0.15, 0.2) is 30.3 Å². The Kier molecular flexibility index (Phi) is 6.16. The summed E-state index contributed by atoms with van der Waals surface area (Å²) in [6, 6.07) is 9.64. The lowest BCUT2D eigenvalue weighted by Gasteiger charge is -2.34. The number of rotatable bonds is 6. The maximum atomic E-state index is 12.6. The van der Waals surface area contributed by atoms with Crippen LogP contribution in [0, 0.1) is 13.8 Å². The third-order valence-electron chi connectivity index (χ3n) is 4.77. The molecule has 140 valence electrons. The van der Waals surface area contributed by atoms with E-state index in [0.29, 0.717) is 6.61 Å². The zero-order chi connectivity index (χ0) is 18.5. The molecular weight excluding hydrogens is 348 g/mol. The van der Waals surface area contributed by atoms with Gasteiger partial charge in [0.2, 0.25) is 0 Å². The summed E-state index contributed by atoms with van der Waals surface area (Å²) < 4.78 is 10.9. The van der Waals surface area contributed by atoms with Crippen LogP contribution in [0.3, 0.4) is 0 Å². The second-order valence-corrected chi connectivity index (χ2v) is 7.76. The van der Waals surface area contributed by atoms with Crippen LogP contribution in [0.5, 0.6) is 11.5 Å². The Morgan fingerprint density at radius 2 is 1.73 bits per heavy atom. The molecule has 0 bridgehead atoms. The molecule has 1 aliphatic heterocycles. The van der Waals surface area contributed by atoms with Gasteiger partial charge in [-0.2, -0.15) is 0 Å². The largest absolute Gasteiger partial charge is 0.497 e.